The predicted octanol–water partition coefficient (Wildman–Crippen LogP) is 25.2. The van der Waals surface area contributed by atoms with E-state index in [9.17, 15) is 5.11 Å². The molecule has 0 bridgehead atoms. The highest BCUT2D eigenvalue weighted by atomic mass is 16.3. The lowest BCUT2D eigenvalue weighted by molar-refractivity contribution is 0.478. The van der Waals surface area contributed by atoms with Gasteiger partial charge in [0.25, 0.3) is 0 Å². The Morgan fingerprint density at radius 1 is 0.378 bits per heavy atom. The number of fused-ring (bicyclic) bond motifs is 3. The average molecular weight is 1180 g/mol. The van der Waals surface area contributed by atoms with E-state index in [1.54, 1.807) is 0 Å². The van der Waals surface area contributed by atoms with Gasteiger partial charge in [-0.3, -0.25) is 0 Å². The normalized spacial score (nSPS) is 14.4. The fourth-order valence-corrected chi connectivity index (χ4v) is 15.8. The molecule has 1 aromatic heterocycles. The van der Waals surface area contributed by atoms with E-state index in [1.165, 1.54) is 103 Å². The van der Waals surface area contributed by atoms with E-state index in [4.69, 9.17) is 4.42 Å². The summed E-state index contributed by atoms with van der Waals surface area (Å²) >= 11 is 0. The SMILES string of the molecule is CCc1ccccc1-c1cccc(-c2cccc(N(c3ccc(C(C)(C)C)cc3)c3cc(C4CCCC4)c4ccc5c(N(c6ccc(C(C)(C)C)cc6)c6cccc7c6oc6c(-c8ccccc8CC)cccc67)cc(C6CCCC6)c6ccc3c4c65)c2O)c1. The van der Waals surface area contributed by atoms with Gasteiger partial charge in [0, 0.05) is 44.0 Å². The Morgan fingerprint density at radius 2 is 0.800 bits per heavy atom. The van der Waals surface area contributed by atoms with Crippen LogP contribution < -0.4 is 9.80 Å². The molecule has 1 N–H and O–H groups in total. The minimum Gasteiger partial charge on any atom is -0.505 e. The van der Waals surface area contributed by atoms with Crippen molar-refractivity contribution in [1.82, 2.24) is 0 Å². The maximum absolute atomic E-state index is 13.3. The van der Waals surface area contributed by atoms with E-state index < -0.39 is 0 Å². The summed E-state index contributed by atoms with van der Waals surface area (Å²) in [4.78, 5) is 4.94. The van der Waals surface area contributed by atoms with Gasteiger partial charge in [-0.05, 0) is 193 Å². The Labute approximate surface area is 531 Å². The van der Waals surface area contributed by atoms with Gasteiger partial charge in [-0.15, -0.1) is 0 Å². The Hall–Kier alpha value is -9.12. The van der Waals surface area contributed by atoms with Crippen LogP contribution in [0.2, 0.25) is 0 Å². The second-order valence-corrected chi connectivity index (χ2v) is 28.0. The monoisotopic (exact) mass is 1170 g/mol. The number of nitrogens with zero attached hydrogens (tertiary/aromatic N) is 2. The highest BCUT2D eigenvalue weighted by Gasteiger charge is 2.32. The van der Waals surface area contributed by atoms with E-state index in [-0.39, 0.29) is 16.6 Å². The molecule has 13 aromatic rings. The van der Waals surface area contributed by atoms with Crippen LogP contribution in [-0.4, -0.2) is 5.11 Å². The Kier molecular flexibility index (Phi) is 14.5. The zero-order valence-electron chi connectivity index (χ0n) is 53.7. The minimum atomic E-state index is -0.0491. The number of benzene rings is 12. The largest absolute Gasteiger partial charge is 0.505 e. The van der Waals surface area contributed by atoms with E-state index in [0.717, 1.165) is 117 Å². The van der Waals surface area contributed by atoms with Gasteiger partial charge in [-0.25, -0.2) is 0 Å². The molecule has 2 aliphatic rings. The lowest BCUT2D eigenvalue weighted by atomic mass is 9.82. The molecule has 2 aliphatic carbocycles. The van der Waals surface area contributed by atoms with Crippen molar-refractivity contribution in [3.05, 3.63) is 246 Å². The van der Waals surface area contributed by atoms with Gasteiger partial charge in [0.2, 0.25) is 0 Å². The number of furan rings is 1. The number of phenols is 1. The van der Waals surface area contributed by atoms with Crippen LogP contribution in [0.15, 0.2) is 217 Å². The molecule has 0 amide bonds. The number of aromatic hydroxyl groups is 1. The smallest absolute Gasteiger partial charge is 0.159 e. The maximum atomic E-state index is 13.3. The molecule has 448 valence electrons. The first-order valence-electron chi connectivity index (χ1n) is 33.4. The molecule has 4 nitrogen and oxygen atoms in total. The minimum absolute atomic E-state index is 0.0302. The Balaban J connectivity index is 1.02. The number of aryl methyl sites for hydroxylation is 2. The average Bonchev–Trinajstić information content (AvgIpc) is 0.845. The quantitative estimate of drug-likeness (QED) is 0.117. The maximum Gasteiger partial charge on any atom is 0.159 e. The van der Waals surface area contributed by atoms with Gasteiger partial charge >= 0.3 is 0 Å². The third-order valence-electron chi connectivity index (χ3n) is 20.5. The molecule has 0 atom stereocenters. The zero-order chi connectivity index (χ0) is 61.6. The van der Waals surface area contributed by atoms with Crippen molar-refractivity contribution < 1.29 is 9.52 Å². The van der Waals surface area contributed by atoms with Gasteiger partial charge in [0.05, 0.1) is 22.7 Å². The molecule has 90 heavy (non-hydrogen) atoms. The van der Waals surface area contributed by atoms with Crippen LogP contribution >= 0.6 is 0 Å². The zero-order valence-corrected chi connectivity index (χ0v) is 53.7. The molecule has 12 aromatic carbocycles. The fourth-order valence-electron chi connectivity index (χ4n) is 15.8. The summed E-state index contributed by atoms with van der Waals surface area (Å²) in [6.07, 6.45) is 11.3. The summed E-state index contributed by atoms with van der Waals surface area (Å²) in [7, 11) is 0. The first kappa shape index (κ1) is 57.3. The van der Waals surface area contributed by atoms with Crippen LogP contribution in [0.4, 0.5) is 34.1 Å². The number of hydrogen-bond donors (Lipinski definition) is 1. The highest BCUT2D eigenvalue weighted by Crippen LogP contribution is 2.56. The molecule has 1 heterocycles. The molecular weight excluding hydrogens is 1090 g/mol. The molecule has 0 radical (unpaired) electrons. The van der Waals surface area contributed by atoms with Gasteiger partial charge in [-0.1, -0.05) is 239 Å². The highest BCUT2D eigenvalue weighted by molar-refractivity contribution is 6.30. The molecule has 2 saturated carbocycles. The Bertz CT molecular complexity index is 4840. The van der Waals surface area contributed by atoms with Crippen LogP contribution in [0.25, 0.3) is 87.6 Å². The lowest BCUT2D eigenvalue weighted by Gasteiger charge is -2.32. The van der Waals surface area contributed by atoms with Gasteiger partial charge in [-0.2, -0.15) is 0 Å². The molecule has 15 rings (SSSR count). The van der Waals surface area contributed by atoms with Crippen LogP contribution in [0, 0.1) is 0 Å². The first-order valence-corrected chi connectivity index (χ1v) is 33.4. The summed E-state index contributed by atoms with van der Waals surface area (Å²) in [6, 6.07) is 79.5. The third kappa shape index (κ3) is 9.81. The van der Waals surface area contributed by atoms with E-state index in [2.05, 4.69) is 278 Å². The van der Waals surface area contributed by atoms with Crippen LogP contribution in [-0.2, 0) is 23.7 Å². The van der Waals surface area contributed by atoms with Crippen molar-refractivity contribution in [1.29, 1.82) is 0 Å². The summed E-state index contributed by atoms with van der Waals surface area (Å²) < 4.78 is 7.46. The van der Waals surface area contributed by atoms with Crippen molar-refractivity contribution in [3.8, 4) is 39.1 Å². The first-order chi connectivity index (χ1) is 43.7. The topological polar surface area (TPSA) is 39.9 Å². The molecule has 0 spiro atoms. The molecule has 0 unspecified atom stereocenters. The number of anilines is 6. The van der Waals surface area contributed by atoms with Crippen molar-refractivity contribution in [2.45, 2.75) is 142 Å². The summed E-state index contributed by atoms with van der Waals surface area (Å²) in [5, 5.41) is 23.2. The molecule has 0 saturated heterocycles. The second-order valence-electron chi connectivity index (χ2n) is 28.0. The molecule has 4 heteroatoms. The van der Waals surface area contributed by atoms with Crippen molar-refractivity contribution in [2.24, 2.45) is 0 Å². The summed E-state index contributed by atoms with van der Waals surface area (Å²) in [5.41, 5.74) is 22.3. The standard InChI is InChI=1S/C86H82N2O2/c1-9-54-23-15-17-31-64(54)58-29-19-30-59(51-58)66-33-21-37-76(82(66)89)87(62-43-39-60(40-44-62)85(3,4)5)78-52-74(56-25-11-12-26-56)67-48-50-73-79(53-75(57-27-13-14-28-57)68-47-49-72(78)80(67)81(68)73)88(63-45-41-61(42-46-63)86(6,7)8)77-38-22-36-71-70-35-20-34-69(83(70)90-84(71)77)65-32-18-16-24-55(65)10-2/h15-24,29-53,56-57,89H,9-14,25-28H2,1-8H3. The van der Waals surface area contributed by atoms with Crippen molar-refractivity contribution in [3.63, 3.8) is 0 Å². The van der Waals surface area contributed by atoms with Crippen molar-refractivity contribution in [2.75, 3.05) is 9.80 Å². The van der Waals surface area contributed by atoms with Crippen LogP contribution in [0.3, 0.4) is 0 Å². The third-order valence-corrected chi connectivity index (χ3v) is 20.5. The number of rotatable bonds is 13. The van der Waals surface area contributed by atoms with E-state index in [1.807, 2.05) is 0 Å². The van der Waals surface area contributed by atoms with E-state index >= 15 is 0 Å². The number of para-hydroxylation sites is 3. The molecule has 2 fully saturated rings. The Morgan fingerprint density at radius 3 is 1.34 bits per heavy atom. The molecule has 0 aliphatic heterocycles. The predicted molar refractivity (Wildman–Crippen MR) is 383 cm³/mol. The lowest BCUT2D eigenvalue weighted by Crippen LogP contribution is -2.15. The van der Waals surface area contributed by atoms with Crippen LogP contribution in [0.1, 0.15) is 152 Å². The summed E-state index contributed by atoms with van der Waals surface area (Å²) in [5.74, 6) is 1.05. The van der Waals surface area contributed by atoms with Crippen LogP contribution in [0.5, 0.6) is 5.75 Å². The van der Waals surface area contributed by atoms with Gasteiger partial charge in [0.15, 0.2) is 5.58 Å². The molecular formula is C86H82N2O2. The van der Waals surface area contributed by atoms with Gasteiger partial charge in [0.1, 0.15) is 11.3 Å². The second kappa shape index (κ2) is 22.7. The van der Waals surface area contributed by atoms with Crippen molar-refractivity contribution >= 4 is 88.4 Å². The fraction of sp³-hybridized carbons (Fsp3) is 0.256. The summed E-state index contributed by atoms with van der Waals surface area (Å²) in [6.45, 7) is 18.2. The number of phenolic OH excluding ortho intramolecular Hbond substituents is 1. The van der Waals surface area contributed by atoms with E-state index in [0.29, 0.717) is 11.8 Å². The number of hydrogen-bond acceptors (Lipinski definition) is 4. The van der Waals surface area contributed by atoms with Gasteiger partial charge < -0.3 is 19.3 Å².